The van der Waals surface area contributed by atoms with Gasteiger partial charge in [0, 0.05) is 16.8 Å². The fourth-order valence-electron chi connectivity index (χ4n) is 1.14. The standard InChI is InChI=1S/C11H20N2S/c1-8(12)5-6-9-7-14-10(13-9)11(2,3)4/h7-8H,5-6,12H2,1-4H3. The molecule has 0 radical (unpaired) electrons. The lowest BCUT2D eigenvalue weighted by atomic mass is 9.98. The molecule has 2 nitrogen and oxygen atoms in total. The molecule has 80 valence electrons. The van der Waals surface area contributed by atoms with Crippen molar-refractivity contribution < 1.29 is 0 Å². The van der Waals surface area contributed by atoms with Crippen molar-refractivity contribution >= 4 is 11.3 Å². The molecule has 14 heavy (non-hydrogen) atoms. The van der Waals surface area contributed by atoms with E-state index in [0.29, 0.717) is 0 Å². The molecule has 1 aromatic heterocycles. The molecule has 0 fully saturated rings. The van der Waals surface area contributed by atoms with E-state index in [0.717, 1.165) is 12.8 Å². The topological polar surface area (TPSA) is 38.9 Å². The van der Waals surface area contributed by atoms with Crippen LogP contribution < -0.4 is 5.73 Å². The molecule has 0 aliphatic heterocycles. The van der Waals surface area contributed by atoms with Crippen molar-refractivity contribution in [2.75, 3.05) is 0 Å². The Balaban J connectivity index is 2.60. The van der Waals surface area contributed by atoms with E-state index in [1.807, 2.05) is 6.92 Å². The van der Waals surface area contributed by atoms with E-state index < -0.39 is 0 Å². The van der Waals surface area contributed by atoms with Crippen LogP contribution in [0, 0.1) is 0 Å². The second-order valence-corrected chi connectivity index (χ2v) is 5.77. The van der Waals surface area contributed by atoms with Crippen molar-refractivity contribution in [3.8, 4) is 0 Å². The van der Waals surface area contributed by atoms with Crippen LogP contribution in [0.2, 0.25) is 0 Å². The number of nitrogens with zero attached hydrogens (tertiary/aromatic N) is 1. The summed E-state index contributed by atoms with van der Waals surface area (Å²) in [5.74, 6) is 0. The quantitative estimate of drug-likeness (QED) is 0.836. The maximum Gasteiger partial charge on any atom is 0.0981 e. The van der Waals surface area contributed by atoms with Crippen LogP contribution in [0.25, 0.3) is 0 Å². The van der Waals surface area contributed by atoms with Gasteiger partial charge in [0.1, 0.15) is 0 Å². The molecule has 0 spiro atoms. The number of rotatable bonds is 3. The Labute approximate surface area is 90.6 Å². The van der Waals surface area contributed by atoms with E-state index in [2.05, 4.69) is 31.1 Å². The first-order chi connectivity index (χ1) is 6.39. The summed E-state index contributed by atoms with van der Waals surface area (Å²) in [5, 5.41) is 3.38. The monoisotopic (exact) mass is 212 g/mol. The summed E-state index contributed by atoms with van der Waals surface area (Å²) in [6, 6.07) is 0.273. The molecule has 0 saturated heterocycles. The molecule has 1 atom stereocenters. The van der Waals surface area contributed by atoms with Crippen LogP contribution in [-0.2, 0) is 11.8 Å². The summed E-state index contributed by atoms with van der Waals surface area (Å²) in [6.07, 6.45) is 2.03. The van der Waals surface area contributed by atoms with Crippen molar-refractivity contribution in [2.45, 2.75) is 52.0 Å². The van der Waals surface area contributed by atoms with Crippen LogP contribution in [0.15, 0.2) is 5.38 Å². The summed E-state index contributed by atoms with van der Waals surface area (Å²) in [7, 11) is 0. The maximum absolute atomic E-state index is 5.71. The van der Waals surface area contributed by atoms with Crippen LogP contribution in [0.1, 0.15) is 44.8 Å². The number of hydrogen-bond donors (Lipinski definition) is 1. The van der Waals surface area contributed by atoms with E-state index in [9.17, 15) is 0 Å². The second-order valence-electron chi connectivity index (χ2n) is 4.91. The molecule has 1 unspecified atom stereocenters. The highest BCUT2D eigenvalue weighted by atomic mass is 32.1. The van der Waals surface area contributed by atoms with Crippen molar-refractivity contribution in [3.05, 3.63) is 16.1 Å². The Morgan fingerprint density at radius 3 is 2.57 bits per heavy atom. The van der Waals surface area contributed by atoms with Gasteiger partial charge in [-0.2, -0.15) is 0 Å². The number of aryl methyl sites for hydroxylation is 1. The van der Waals surface area contributed by atoms with E-state index >= 15 is 0 Å². The lowest BCUT2D eigenvalue weighted by Crippen LogP contribution is -2.15. The molecule has 1 aromatic rings. The van der Waals surface area contributed by atoms with E-state index in [-0.39, 0.29) is 11.5 Å². The number of hydrogen-bond acceptors (Lipinski definition) is 3. The molecule has 1 rings (SSSR count). The smallest absolute Gasteiger partial charge is 0.0981 e. The first-order valence-electron chi connectivity index (χ1n) is 5.10. The Morgan fingerprint density at radius 2 is 2.14 bits per heavy atom. The third-order valence-electron chi connectivity index (χ3n) is 2.05. The second kappa shape index (κ2) is 4.41. The van der Waals surface area contributed by atoms with Gasteiger partial charge < -0.3 is 5.73 Å². The average Bonchev–Trinajstić information content (AvgIpc) is 2.47. The van der Waals surface area contributed by atoms with Crippen LogP contribution in [-0.4, -0.2) is 11.0 Å². The molecule has 0 aromatic carbocycles. The minimum Gasteiger partial charge on any atom is -0.328 e. The van der Waals surface area contributed by atoms with Gasteiger partial charge in [-0.25, -0.2) is 4.98 Å². The predicted molar refractivity (Wildman–Crippen MR) is 62.8 cm³/mol. The number of thiazole rings is 1. The first-order valence-corrected chi connectivity index (χ1v) is 5.98. The summed E-state index contributed by atoms with van der Waals surface area (Å²) in [4.78, 5) is 4.62. The van der Waals surface area contributed by atoms with Crippen LogP contribution in [0.5, 0.6) is 0 Å². The van der Waals surface area contributed by atoms with E-state index in [1.54, 1.807) is 11.3 Å². The van der Waals surface area contributed by atoms with Gasteiger partial charge in [-0.05, 0) is 19.8 Å². The Kier molecular flexibility index (Phi) is 3.67. The highest BCUT2D eigenvalue weighted by molar-refractivity contribution is 7.09. The lowest BCUT2D eigenvalue weighted by molar-refractivity contribution is 0.580. The molecular formula is C11H20N2S. The van der Waals surface area contributed by atoms with Gasteiger partial charge in [0.2, 0.25) is 0 Å². The van der Waals surface area contributed by atoms with Gasteiger partial charge in [0.15, 0.2) is 0 Å². The molecule has 3 heteroatoms. The predicted octanol–water partition coefficient (Wildman–Crippen LogP) is 2.72. The SMILES string of the molecule is CC(N)CCc1csc(C(C)(C)C)n1. The highest BCUT2D eigenvalue weighted by Gasteiger charge is 2.17. The van der Waals surface area contributed by atoms with Gasteiger partial charge in [0.25, 0.3) is 0 Å². The van der Waals surface area contributed by atoms with Crippen molar-refractivity contribution in [2.24, 2.45) is 5.73 Å². The summed E-state index contributed by atoms with van der Waals surface area (Å²) < 4.78 is 0. The molecule has 0 aliphatic carbocycles. The van der Waals surface area contributed by atoms with Gasteiger partial charge in [-0.3, -0.25) is 0 Å². The van der Waals surface area contributed by atoms with E-state index in [4.69, 9.17) is 5.73 Å². The fourth-order valence-corrected chi connectivity index (χ4v) is 2.08. The highest BCUT2D eigenvalue weighted by Crippen LogP contribution is 2.25. The minimum atomic E-state index is 0.178. The zero-order valence-corrected chi connectivity index (χ0v) is 10.3. The third kappa shape index (κ3) is 3.39. The zero-order valence-electron chi connectivity index (χ0n) is 9.50. The van der Waals surface area contributed by atoms with Crippen LogP contribution in [0.3, 0.4) is 0 Å². The minimum absolute atomic E-state index is 0.178. The zero-order chi connectivity index (χ0) is 10.8. The molecule has 2 N–H and O–H groups in total. The number of nitrogens with two attached hydrogens (primary N) is 1. The Bertz CT molecular complexity index is 284. The van der Waals surface area contributed by atoms with Crippen LogP contribution >= 0.6 is 11.3 Å². The van der Waals surface area contributed by atoms with Gasteiger partial charge in [0.05, 0.1) is 10.7 Å². The lowest BCUT2D eigenvalue weighted by Gasteiger charge is -2.13. The van der Waals surface area contributed by atoms with Gasteiger partial charge in [-0.15, -0.1) is 11.3 Å². The molecule has 1 heterocycles. The first kappa shape index (κ1) is 11.7. The summed E-state index contributed by atoms with van der Waals surface area (Å²) >= 11 is 1.76. The Hall–Kier alpha value is -0.410. The normalized spacial score (nSPS) is 14.4. The van der Waals surface area contributed by atoms with Crippen LogP contribution in [0.4, 0.5) is 0 Å². The average molecular weight is 212 g/mol. The third-order valence-corrected chi connectivity index (χ3v) is 3.37. The van der Waals surface area contributed by atoms with Gasteiger partial charge in [-0.1, -0.05) is 20.8 Å². The maximum atomic E-state index is 5.71. The summed E-state index contributed by atoms with van der Waals surface area (Å²) in [6.45, 7) is 8.63. The number of aromatic nitrogens is 1. The molecule has 0 saturated carbocycles. The van der Waals surface area contributed by atoms with Crippen molar-refractivity contribution in [1.29, 1.82) is 0 Å². The summed E-state index contributed by atoms with van der Waals surface area (Å²) in [5.41, 5.74) is 7.08. The van der Waals surface area contributed by atoms with Crippen molar-refractivity contribution in [1.82, 2.24) is 4.98 Å². The van der Waals surface area contributed by atoms with Crippen molar-refractivity contribution in [3.63, 3.8) is 0 Å². The van der Waals surface area contributed by atoms with E-state index in [1.165, 1.54) is 10.7 Å². The Morgan fingerprint density at radius 1 is 1.50 bits per heavy atom. The molecular weight excluding hydrogens is 192 g/mol. The molecule has 0 bridgehead atoms. The largest absolute Gasteiger partial charge is 0.328 e. The molecule has 0 amide bonds. The molecule has 0 aliphatic rings. The fraction of sp³-hybridized carbons (Fsp3) is 0.727. The van der Waals surface area contributed by atoms with Gasteiger partial charge >= 0.3 is 0 Å².